The standard InChI is InChI=1S/C16H24N4O2/c1-2-3-4-5-11-7-20(9-13(11)21)8-12-6-17-15-14(12)18-10-19-16(15)22/h6,10-11,13,17,21H,2-5,7-9H2,1H3,(H,18,19,22)/t11-,13-/m0/s1. The Morgan fingerprint density at radius 2 is 2.23 bits per heavy atom. The number of aromatic amines is 2. The van der Waals surface area contributed by atoms with Crippen LogP contribution in [0.25, 0.3) is 11.0 Å². The van der Waals surface area contributed by atoms with E-state index in [-0.39, 0.29) is 11.7 Å². The number of nitrogens with one attached hydrogen (secondary N) is 2. The van der Waals surface area contributed by atoms with E-state index in [2.05, 4.69) is 26.8 Å². The molecule has 0 aromatic carbocycles. The average Bonchev–Trinajstić information content (AvgIpc) is 3.05. The minimum absolute atomic E-state index is 0.143. The molecule has 1 aliphatic heterocycles. The van der Waals surface area contributed by atoms with Crippen molar-refractivity contribution in [3.8, 4) is 0 Å². The third kappa shape index (κ3) is 3.08. The van der Waals surface area contributed by atoms with E-state index in [1.807, 2.05) is 6.20 Å². The van der Waals surface area contributed by atoms with Crippen LogP contribution in [0.3, 0.4) is 0 Å². The summed E-state index contributed by atoms with van der Waals surface area (Å²) < 4.78 is 0. The number of hydrogen-bond donors (Lipinski definition) is 3. The van der Waals surface area contributed by atoms with E-state index in [9.17, 15) is 9.90 Å². The molecule has 22 heavy (non-hydrogen) atoms. The summed E-state index contributed by atoms with van der Waals surface area (Å²) in [6.45, 7) is 4.54. The third-order valence-electron chi connectivity index (χ3n) is 4.60. The van der Waals surface area contributed by atoms with Gasteiger partial charge in [0.2, 0.25) is 0 Å². The molecule has 6 heteroatoms. The molecule has 0 spiro atoms. The van der Waals surface area contributed by atoms with Crippen LogP contribution in [0.1, 0.15) is 38.2 Å². The summed E-state index contributed by atoms with van der Waals surface area (Å²) in [5.74, 6) is 0.369. The molecule has 1 aliphatic rings. The molecule has 6 nitrogen and oxygen atoms in total. The number of β-amino-alcohol motifs (C(OH)–C–C–N with tert-alkyl or cyclic N) is 1. The molecule has 1 saturated heterocycles. The maximum Gasteiger partial charge on any atom is 0.275 e. The lowest BCUT2D eigenvalue weighted by Gasteiger charge is -2.14. The van der Waals surface area contributed by atoms with Crippen LogP contribution in [-0.4, -0.2) is 44.2 Å². The maximum absolute atomic E-state index is 11.7. The number of aliphatic hydroxyl groups is 1. The highest BCUT2D eigenvalue weighted by molar-refractivity contribution is 5.77. The monoisotopic (exact) mass is 304 g/mol. The lowest BCUT2D eigenvalue weighted by Crippen LogP contribution is -2.21. The van der Waals surface area contributed by atoms with E-state index in [4.69, 9.17) is 0 Å². The predicted octanol–water partition coefficient (Wildman–Crippen LogP) is 1.62. The molecule has 0 bridgehead atoms. The van der Waals surface area contributed by atoms with Crippen molar-refractivity contribution in [1.82, 2.24) is 19.9 Å². The summed E-state index contributed by atoms with van der Waals surface area (Å²) in [5, 5.41) is 10.2. The van der Waals surface area contributed by atoms with Gasteiger partial charge in [-0.1, -0.05) is 26.2 Å². The van der Waals surface area contributed by atoms with E-state index >= 15 is 0 Å². The van der Waals surface area contributed by atoms with Gasteiger partial charge in [-0.3, -0.25) is 9.69 Å². The van der Waals surface area contributed by atoms with Crippen molar-refractivity contribution >= 4 is 11.0 Å². The van der Waals surface area contributed by atoms with Crippen molar-refractivity contribution in [3.63, 3.8) is 0 Å². The third-order valence-corrected chi connectivity index (χ3v) is 4.60. The topological polar surface area (TPSA) is 85.0 Å². The van der Waals surface area contributed by atoms with Crippen LogP contribution >= 0.6 is 0 Å². The van der Waals surface area contributed by atoms with Gasteiger partial charge in [-0.05, 0) is 12.3 Å². The lowest BCUT2D eigenvalue weighted by molar-refractivity contribution is 0.136. The van der Waals surface area contributed by atoms with E-state index < -0.39 is 0 Å². The number of aromatic nitrogens is 3. The number of fused-ring (bicyclic) bond motifs is 1. The van der Waals surface area contributed by atoms with Gasteiger partial charge in [0.1, 0.15) is 5.52 Å². The Hall–Kier alpha value is -1.66. The first-order valence-electron chi connectivity index (χ1n) is 8.13. The zero-order valence-corrected chi connectivity index (χ0v) is 13.0. The molecule has 0 aliphatic carbocycles. The van der Waals surface area contributed by atoms with Gasteiger partial charge in [0.25, 0.3) is 5.56 Å². The first-order valence-corrected chi connectivity index (χ1v) is 8.13. The molecule has 2 atom stereocenters. The fourth-order valence-electron chi connectivity index (χ4n) is 3.38. The molecular formula is C16H24N4O2. The summed E-state index contributed by atoms with van der Waals surface area (Å²) in [7, 11) is 0. The number of H-pyrrole nitrogens is 2. The first-order chi connectivity index (χ1) is 10.7. The van der Waals surface area contributed by atoms with Crippen LogP contribution in [0.2, 0.25) is 0 Å². The summed E-state index contributed by atoms with van der Waals surface area (Å²) in [5.41, 5.74) is 2.13. The largest absolute Gasteiger partial charge is 0.391 e. The number of unbranched alkanes of at least 4 members (excludes halogenated alkanes) is 2. The molecule has 3 rings (SSSR count). The predicted molar refractivity (Wildman–Crippen MR) is 85.6 cm³/mol. The Morgan fingerprint density at radius 1 is 1.36 bits per heavy atom. The Balaban J connectivity index is 1.66. The molecule has 0 radical (unpaired) electrons. The number of likely N-dealkylation sites (tertiary alicyclic amines) is 1. The Labute approximate surface area is 129 Å². The second-order valence-electron chi connectivity index (χ2n) is 6.29. The van der Waals surface area contributed by atoms with Gasteiger partial charge in [-0.2, -0.15) is 0 Å². The lowest BCUT2D eigenvalue weighted by atomic mass is 9.98. The summed E-state index contributed by atoms with van der Waals surface area (Å²) >= 11 is 0. The minimum atomic E-state index is -0.238. The Kier molecular flexibility index (Phi) is 4.59. The quantitative estimate of drug-likeness (QED) is 0.708. The second kappa shape index (κ2) is 6.62. The highest BCUT2D eigenvalue weighted by Crippen LogP contribution is 2.25. The normalized spacial score (nSPS) is 22.6. The van der Waals surface area contributed by atoms with Crippen LogP contribution in [-0.2, 0) is 6.54 Å². The maximum atomic E-state index is 11.7. The minimum Gasteiger partial charge on any atom is -0.391 e. The SMILES string of the molecule is CCCCC[C@H]1CN(Cc2c[nH]c3c(=O)[nH]cnc23)C[C@@H]1O. The fourth-order valence-corrected chi connectivity index (χ4v) is 3.38. The number of nitrogens with zero attached hydrogens (tertiary/aromatic N) is 2. The molecule has 0 unspecified atom stereocenters. The zero-order chi connectivity index (χ0) is 15.5. The Bertz CT molecular complexity index is 678. The van der Waals surface area contributed by atoms with E-state index in [1.54, 1.807) is 0 Å². The number of rotatable bonds is 6. The highest BCUT2D eigenvalue weighted by Gasteiger charge is 2.31. The average molecular weight is 304 g/mol. The van der Waals surface area contributed by atoms with Crippen LogP contribution in [0, 0.1) is 5.92 Å². The molecule has 3 N–H and O–H groups in total. The zero-order valence-electron chi connectivity index (χ0n) is 13.0. The van der Waals surface area contributed by atoms with Crippen LogP contribution in [0.5, 0.6) is 0 Å². The van der Waals surface area contributed by atoms with Gasteiger partial charge >= 0.3 is 0 Å². The van der Waals surface area contributed by atoms with Crippen molar-refractivity contribution in [3.05, 3.63) is 28.4 Å². The highest BCUT2D eigenvalue weighted by atomic mass is 16.3. The van der Waals surface area contributed by atoms with Gasteiger partial charge in [-0.15, -0.1) is 0 Å². The summed E-state index contributed by atoms with van der Waals surface area (Å²) in [6.07, 6.45) is 7.78. The van der Waals surface area contributed by atoms with Crippen molar-refractivity contribution in [1.29, 1.82) is 0 Å². The molecule has 3 heterocycles. The van der Waals surface area contributed by atoms with Crippen molar-refractivity contribution in [2.75, 3.05) is 13.1 Å². The van der Waals surface area contributed by atoms with Crippen molar-refractivity contribution < 1.29 is 5.11 Å². The van der Waals surface area contributed by atoms with Gasteiger partial charge in [0.05, 0.1) is 17.9 Å². The fraction of sp³-hybridized carbons (Fsp3) is 0.625. The van der Waals surface area contributed by atoms with E-state index in [1.165, 1.54) is 25.6 Å². The molecule has 120 valence electrons. The summed E-state index contributed by atoms with van der Waals surface area (Å²) in [4.78, 5) is 23.8. The first kappa shape index (κ1) is 15.2. The summed E-state index contributed by atoms with van der Waals surface area (Å²) in [6, 6.07) is 0. The van der Waals surface area contributed by atoms with Gasteiger partial charge in [-0.25, -0.2) is 4.98 Å². The van der Waals surface area contributed by atoms with Crippen LogP contribution < -0.4 is 5.56 Å². The van der Waals surface area contributed by atoms with Crippen LogP contribution in [0.4, 0.5) is 0 Å². The molecular weight excluding hydrogens is 280 g/mol. The molecule has 0 saturated carbocycles. The van der Waals surface area contributed by atoms with E-state index in [0.717, 1.165) is 30.6 Å². The molecule has 2 aromatic heterocycles. The second-order valence-corrected chi connectivity index (χ2v) is 6.29. The van der Waals surface area contributed by atoms with Gasteiger partial charge in [0.15, 0.2) is 0 Å². The van der Waals surface area contributed by atoms with Gasteiger partial charge in [0, 0.05) is 31.4 Å². The van der Waals surface area contributed by atoms with Crippen molar-refractivity contribution in [2.24, 2.45) is 5.92 Å². The smallest absolute Gasteiger partial charge is 0.275 e. The molecule has 0 amide bonds. The number of aliphatic hydroxyl groups excluding tert-OH is 1. The van der Waals surface area contributed by atoms with Gasteiger partial charge < -0.3 is 15.1 Å². The number of hydrogen-bond acceptors (Lipinski definition) is 4. The Morgan fingerprint density at radius 3 is 3.05 bits per heavy atom. The van der Waals surface area contributed by atoms with Crippen LogP contribution in [0.15, 0.2) is 17.3 Å². The van der Waals surface area contributed by atoms with Crippen molar-refractivity contribution in [2.45, 2.75) is 45.3 Å². The van der Waals surface area contributed by atoms with E-state index in [0.29, 0.717) is 18.0 Å². The molecule has 2 aromatic rings. The molecule has 1 fully saturated rings.